The minimum atomic E-state index is -1.02. The molecular formula is C18H19N3O5. The lowest BCUT2D eigenvalue weighted by Crippen LogP contribution is -2.30. The zero-order valence-electron chi connectivity index (χ0n) is 14.3. The highest BCUT2D eigenvalue weighted by Crippen LogP contribution is 2.16. The maximum Gasteiger partial charge on any atom is 0.338 e. The molecule has 0 unspecified atom stereocenters. The molecule has 4 N–H and O–H groups in total. The topological polar surface area (TPSA) is 120 Å². The molecule has 0 saturated heterocycles. The number of carbonyl (C=O) groups excluding carboxylic acids is 3. The van der Waals surface area contributed by atoms with E-state index in [4.69, 9.17) is 15.2 Å². The predicted molar refractivity (Wildman–Crippen MR) is 96.1 cm³/mol. The lowest BCUT2D eigenvalue weighted by atomic mass is 10.2. The van der Waals surface area contributed by atoms with Crippen molar-refractivity contribution >= 4 is 29.3 Å². The molecule has 8 nitrogen and oxygen atoms in total. The summed E-state index contributed by atoms with van der Waals surface area (Å²) in [5, 5.41) is 5.00. The Labute approximate surface area is 150 Å². The molecular weight excluding hydrogens is 338 g/mol. The maximum atomic E-state index is 12.2. The van der Waals surface area contributed by atoms with Crippen LogP contribution in [0.2, 0.25) is 0 Å². The molecule has 1 atom stereocenters. The van der Waals surface area contributed by atoms with Crippen LogP contribution in [0.4, 0.5) is 16.2 Å². The number of nitrogens with two attached hydrogens (primary N) is 1. The first-order valence-corrected chi connectivity index (χ1v) is 7.71. The SMILES string of the molecule is COc1ccc(NC(=O)[C@@H](C)OC(=O)c2cccc(NC(N)=O)c2)cc1. The lowest BCUT2D eigenvalue weighted by molar-refractivity contribution is -0.123. The minimum absolute atomic E-state index is 0.181. The van der Waals surface area contributed by atoms with E-state index in [1.54, 1.807) is 43.5 Å². The summed E-state index contributed by atoms with van der Waals surface area (Å²) < 4.78 is 10.2. The molecule has 0 saturated carbocycles. The average molecular weight is 357 g/mol. The van der Waals surface area contributed by atoms with Crippen LogP contribution in [0.5, 0.6) is 5.75 Å². The monoisotopic (exact) mass is 357 g/mol. The van der Waals surface area contributed by atoms with Gasteiger partial charge in [0.25, 0.3) is 5.91 Å². The van der Waals surface area contributed by atoms with Crippen molar-refractivity contribution in [1.82, 2.24) is 0 Å². The van der Waals surface area contributed by atoms with E-state index in [2.05, 4.69) is 10.6 Å². The van der Waals surface area contributed by atoms with Gasteiger partial charge in [0.1, 0.15) is 5.75 Å². The van der Waals surface area contributed by atoms with E-state index < -0.39 is 24.0 Å². The van der Waals surface area contributed by atoms with E-state index in [0.717, 1.165) is 0 Å². The van der Waals surface area contributed by atoms with Gasteiger partial charge in [0.2, 0.25) is 0 Å². The Kier molecular flexibility index (Phi) is 6.15. The van der Waals surface area contributed by atoms with Crippen LogP contribution in [-0.2, 0) is 9.53 Å². The summed E-state index contributed by atoms with van der Waals surface area (Å²) in [6.45, 7) is 1.46. The number of hydrogen-bond donors (Lipinski definition) is 3. The van der Waals surface area contributed by atoms with Gasteiger partial charge < -0.3 is 25.8 Å². The average Bonchev–Trinajstić information content (AvgIpc) is 2.62. The number of primary amides is 1. The fourth-order valence-corrected chi connectivity index (χ4v) is 2.07. The highest BCUT2D eigenvalue weighted by Gasteiger charge is 2.19. The molecule has 0 radical (unpaired) electrons. The number of benzene rings is 2. The van der Waals surface area contributed by atoms with Crippen molar-refractivity contribution in [2.45, 2.75) is 13.0 Å². The van der Waals surface area contributed by atoms with Gasteiger partial charge in [-0.15, -0.1) is 0 Å². The first-order valence-electron chi connectivity index (χ1n) is 7.71. The van der Waals surface area contributed by atoms with Crippen molar-refractivity contribution < 1.29 is 23.9 Å². The fourth-order valence-electron chi connectivity index (χ4n) is 2.07. The molecule has 0 aliphatic heterocycles. The third-order valence-corrected chi connectivity index (χ3v) is 3.38. The Hall–Kier alpha value is -3.55. The molecule has 26 heavy (non-hydrogen) atoms. The summed E-state index contributed by atoms with van der Waals surface area (Å²) in [6, 6.07) is 12.0. The zero-order valence-corrected chi connectivity index (χ0v) is 14.3. The highest BCUT2D eigenvalue weighted by atomic mass is 16.5. The molecule has 0 aliphatic rings. The second-order valence-corrected chi connectivity index (χ2v) is 5.34. The van der Waals surface area contributed by atoms with Gasteiger partial charge >= 0.3 is 12.0 Å². The molecule has 2 rings (SSSR count). The second-order valence-electron chi connectivity index (χ2n) is 5.34. The van der Waals surface area contributed by atoms with E-state index >= 15 is 0 Å². The molecule has 3 amide bonds. The van der Waals surface area contributed by atoms with Crippen molar-refractivity contribution in [2.75, 3.05) is 17.7 Å². The Bertz CT molecular complexity index is 805. The number of ether oxygens (including phenoxy) is 2. The summed E-state index contributed by atoms with van der Waals surface area (Å²) in [5.41, 5.74) is 6.11. The molecule has 0 aromatic heterocycles. The first-order chi connectivity index (χ1) is 12.4. The van der Waals surface area contributed by atoms with Gasteiger partial charge in [0.15, 0.2) is 6.10 Å². The molecule has 0 aliphatic carbocycles. The summed E-state index contributed by atoms with van der Waals surface area (Å²) in [7, 11) is 1.54. The number of amides is 3. The van der Waals surface area contributed by atoms with Crippen molar-refractivity contribution in [1.29, 1.82) is 0 Å². The van der Waals surface area contributed by atoms with Crippen molar-refractivity contribution in [2.24, 2.45) is 5.73 Å². The second kappa shape index (κ2) is 8.52. The summed E-state index contributed by atoms with van der Waals surface area (Å²) in [6.07, 6.45) is -1.02. The highest BCUT2D eigenvalue weighted by molar-refractivity contribution is 5.98. The van der Waals surface area contributed by atoms with E-state index in [1.165, 1.54) is 19.1 Å². The van der Waals surface area contributed by atoms with Crippen LogP contribution in [-0.4, -0.2) is 31.1 Å². The zero-order chi connectivity index (χ0) is 19.1. The molecule has 0 heterocycles. The normalized spacial score (nSPS) is 11.2. The number of rotatable bonds is 6. The fraction of sp³-hybridized carbons (Fsp3) is 0.167. The molecule has 2 aromatic rings. The van der Waals surface area contributed by atoms with Gasteiger partial charge in [-0.25, -0.2) is 9.59 Å². The van der Waals surface area contributed by atoms with Gasteiger partial charge in [-0.05, 0) is 49.4 Å². The number of carbonyl (C=O) groups is 3. The lowest BCUT2D eigenvalue weighted by Gasteiger charge is -2.14. The standard InChI is InChI=1S/C18H19N3O5/c1-11(16(22)20-13-6-8-15(25-2)9-7-13)26-17(23)12-4-3-5-14(10-12)21-18(19)24/h3-11H,1-2H3,(H,20,22)(H3,19,21,24)/t11-/m1/s1. The Morgan fingerprint density at radius 2 is 1.69 bits per heavy atom. The van der Waals surface area contributed by atoms with Gasteiger partial charge in [-0.1, -0.05) is 6.07 Å². The number of hydrogen-bond acceptors (Lipinski definition) is 5. The maximum absolute atomic E-state index is 12.2. The van der Waals surface area contributed by atoms with Crippen LogP contribution < -0.4 is 21.1 Å². The van der Waals surface area contributed by atoms with Crippen molar-refractivity contribution in [3.05, 3.63) is 54.1 Å². The molecule has 136 valence electrons. The number of methoxy groups -OCH3 is 1. The van der Waals surface area contributed by atoms with E-state index in [-0.39, 0.29) is 5.56 Å². The quantitative estimate of drug-likeness (QED) is 0.686. The van der Waals surface area contributed by atoms with Crippen LogP contribution in [0.1, 0.15) is 17.3 Å². The van der Waals surface area contributed by atoms with Crippen LogP contribution in [0.3, 0.4) is 0 Å². The molecule has 0 bridgehead atoms. The molecule has 0 fully saturated rings. The smallest absolute Gasteiger partial charge is 0.338 e. The van der Waals surface area contributed by atoms with Crippen LogP contribution in [0.15, 0.2) is 48.5 Å². The number of anilines is 2. The summed E-state index contributed by atoms with van der Waals surface area (Å²) >= 11 is 0. The van der Waals surface area contributed by atoms with Crippen molar-refractivity contribution in [3.8, 4) is 5.75 Å². The first kappa shape index (κ1) is 18.8. The predicted octanol–water partition coefficient (Wildman–Crippen LogP) is 2.37. The van der Waals surface area contributed by atoms with Gasteiger partial charge in [0, 0.05) is 11.4 Å². The molecule has 8 heteroatoms. The summed E-state index contributed by atoms with van der Waals surface area (Å²) in [4.78, 5) is 35.2. The number of urea groups is 1. The van der Waals surface area contributed by atoms with Crippen LogP contribution in [0, 0.1) is 0 Å². The Morgan fingerprint density at radius 3 is 2.31 bits per heavy atom. The van der Waals surface area contributed by atoms with E-state index in [9.17, 15) is 14.4 Å². The van der Waals surface area contributed by atoms with Crippen molar-refractivity contribution in [3.63, 3.8) is 0 Å². The van der Waals surface area contributed by atoms with E-state index in [0.29, 0.717) is 17.1 Å². The van der Waals surface area contributed by atoms with Gasteiger partial charge in [0.05, 0.1) is 12.7 Å². The van der Waals surface area contributed by atoms with E-state index in [1.807, 2.05) is 0 Å². The Morgan fingerprint density at radius 1 is 1.00 bits per heavy atom. The molecule has 0 spiro atoms. The summed E-state index contributed by atoms with van der Waals surface area (Å²) in [5.74, 6) is -0.516. The Balaban J connectivity index is 1.97. The van der Waals surface area contributed by atoms with Gasteiger partial charge in [-0.2, -0.15) is 0 Å². The number of nitrogens with one attached hydrogen (secondary N) is 2. The van der Waals surface area contributed by atoms with Gasteiger partial charge in [-0.3, -0.25) is 4.79 Å². The van der Waals surface area contributed by atoms with Crippen LogP contribution >= 0.6 is 0 Å². The van der Waals surface area contributed by atoms with Crippen LogP contribution in [0.25, 0.3) is 0 Å². The minimum Gasteiger partial charge on any atom is -0.497 e. The third kappa shape index (κ3) is 5.23. The third-order valence-electron chi connectivity index (χ3n) is 3.38. The largest absolute Gasteiger partial charge is 0.497 e. The number of esters is 1. The molecule has 2 aromatic carbocycles.